The van der Waals surface area contributed by atoms with Crippen molar-refractivity contribution in [1.29, 1.82) is 0 Å². The molecule has 0 saturated heterocycles. The molecule has 0 unspecified atom stereocenters. The van der Waals surface area contributed by atoms with E-state index in [4.69, 9.17) is 0 Å². The summed E-state index contributed by atoms with van der Waals surface area (Å²) in [7, 11) is -4.88. The smallest absolute Gasteiger partial charge is 0.423 e. The Morgan fingerprint density at radius 2 is 0.419 bits per heavy atom. The molecule has 3 aliphatic carbocycles. The van der Waals surface area contributed by atoms with Crippen LogP contribution in [-0.4, -0.2) is 51.5 Å². The van der Waals surface area contributed by atoms with Gasteiger partial charge in [0.15, 0.2) is 0 Å². The normalized spacial score (nSPS) is 13.5. The summed E-state index contributed by atoms with van der Waals surface area (Å²) < 4.78 is 0. The Balaban J connectivity index is 1.06. The van der Waals surface area contributed by atoms with E-state index in [1.54, 1.807) is 18.2 Å². The molecule has 0 radical (unpaired) electrons. The van der Waals surface area contributed by atoms with Crippen molar-refractivity contribution in [3.8, 4) is 100 Å². The first-order valence-corrected chi connectivity index (χ1v) is 31.3. The van der Waals surface area contributed by atoms with Gasteiger partial charge in [0.05, 0.1) is 0 Å². The lowest BCUT2D eigenvalue weighted by molar-refractivity contribution is 0.424. The lowest BCUT2D eigenvalue weighted by Crippen LogP contribution is -2.29. The molecule has 0 aliphatic heterocycles. The Labute approximate surface area is 541 Å². The molecule has 0 fully saturated rings. The van der Waals surface area contributed by atoms with Gasteiger partial charge < -0.3 is 30.1 Å². The molecule has 438 valence electrons. The zero-order chi connectivity index (χ0) is 62.8. The number of rotatable bonds is 12. The van der Waals surface area contributed by atoms with Crippen LogP contribution in [0.5, 0.6) is 0 Å². The first-order valence-electron chi connectivity index (χ1n) is 31.3. The van der Waals surface area contributed by atoms with Crippen LogP contribution in [0.2, 0.25) is 0 Å². The van der Waals surface area contributed by atoms with Crippen LogP contribution in [0.4, 0.5) is 0 Å². The van der Waals surface area contributed by atoms with Crippen LogP contribution in [0.3, 0.4) is 0 Å². The van der Waals surface area contributed by atoms with Crippen LogP contribution in [0.1, 0.15) is 50.1 Å². The fourth-order valence-electron chi connectivity index (χ4n) is 14.5. The SMILES string of the molecule is OB(O)c1cccc(/C=C2\c3ccccc3-c3ccc(-c4c(-c5ccccc5)c(-c5ccc6c(c5)/C(=C/c5cccc(B(O)O)c5)c5ccccc5-6)c(-c5ccccc5)c(-c5ccc6c(c5)/C(=C/c5cccc(B(O)O)c5)c5ccccc5-6)c4-c4ccccc4)cc32)c1. The number of benzene rings is 13. The van der Waals surface area contributed by atoms with Gasteiger partial charge in [-0.15, -0.1) is 0 Å². The van der Waals surface area contributed by atoms with Crippen LogP contribution in [0.15, 0.2) is 291 Å². The summed E-state index contributed by atoms with van der Waals surface area (Å²) in [4.78, 5) is 0. The van der Waals surface area contributed by atoms with Crippen LogP contribution >= 0.6 is 0 Å². The maximum absolute atomic E-state index is 10.4. The molecule has 13 aromatic carbocycles. The number of fused-ring (bicyclic) bond motifs is 9. The van der Waals surface area contributed by atoms with Crippen molar-refractivity contribution in [2.45, 2.75) is 0 Å². The van der Waals surface area contributed by atoms with Gasteiger partial charge in [0, 0.05) is 0 Å². The second-order valence-electron chi connectivity index (χ2n) is 24.1. The molecule has 0 amide bonds. The molecule has 0 heterocycles. The van der Waals surface area contributed by atoms with Gasteiger partial charge in [-0.1, -0.05) is 273 Å². The molecule has 0 saturated carbocycles. The average Bonchev–Trinajstić information content (AvgIpc) is 1.66. The summed E-state index contributed by atoms with van der Waals surface area (Å²) in [5, 5.41) is 62.4. The first kappa shape index (κ1) is 57.2. The summed E-state index contributed by atoms with van der Waals surface area (Å²) in [6, 6.07) is 101. The molecule has 6 N–H and O–H groups in total. The highest BCUT2D eigenvalue weighted by Gasteiger charge is 2.34. The fraction of sp³-hybridized carbons (Fsp3) is 0. The van der Waals surface area contributed by atoms with Gasteiger partial charge in [-0.2, -0.15) is 0 Å². The molecular formula is C84H57B3O6. The Morgan fingerprint density at radius 1 is 0.183 bits per heavy atom. The third-order valence-electron chi connectivity index (χ3n) is 18.6. The molecule has 16 rings (SSSR count). The quantitative estimate of drug-likeness (QED) is 0.0678. The van der Waals surface area contributed by atoms with Crippen LogP contribution in [-0.2, 0) is 0 Å². The van der Waals surface area contributed by atoms with Crippen molar-refractivity contribution in [1.82, 2.24) is 0 Å². The second-order valence-corrected chi connectivity index (χ2v) is 24.1. The average molecular weight is 1190 g/mol. The zero-order valence-electron chi connectivity index (χ0n) is 50.4. The maximum atomic E-state index is 10.4. The van der Waals surface area contributed by atoms with Gasteiger partial charge >= 0.3 is 21.4 Å². The monoisotopic (exact) mass is 1190 g/mol. The fourth-order valence-corrected chi connectivity index (χ4v) is 14.5. The van der Waals surface area contributed by atoms with Crippen molar-refractivity contribution in [2.75, 3.05) is 0 Å². The van der Waals surface area contributed by atoms with Gasteiger partial charge in [-0.3, -0.25) is 0 Å². The minimum atomic E-state index is -1.63. The highest BCUT2D eigenvalue weighted by atomic mass is 16.4. The summed E-state index contributed by atoms with van der Waals surface area (Å²) in [6.07, 6.45) is 6.49. The van der Waals surface area contributed by atoms with E-state index in [1.807, 2.05) is 54.6 Å². The van der Waals surface area contributed by atoms with Gasteiger partial charge in [0.25, 0.3) is 0 Å². The molecule has 0 aromatic heterocycles. The predicted molar refractivity (Wildman–Crippen MR) is 385 cm³/mol. The van der Waals surface area contributed by atoms with Crippen molar-refractivity contribution in [3.05, 3.63) is 341 Å². The molecule has 9 heteroatoms. The predicted octanol–water partition coefficient (Wildman–Crippen LogP) is 15.4. The molecule has 0 spiro atoms. The van der Waals surface area contributed by atoms with Gasteiger partial charge in [0.1, 0.15) is 0 Å². The summed E-state index contributed by atoms with van der Waals surface area (Å²) >= 11 is 0. The van der Waals surface area contributed by atoms with Gasteiger partial charge in [-0.25, -0.2) is 0 Å². The molecular weight excluding hydrogens is 1140 g/mol. The highest BCUT2D eigenvalue weighted by Crippen LogP contribution is 2.59. The minimum absolute atomic E-state index is 0.408. The summed E-state index contributed by atoms with van der Waals surface area (Å²) in [5.41, 5.74) is 32.0. The second kappa shape index (κ2) is 23.7. The summed E-state index contributed by atoms with van der Waals surface area (Å²) in [5.74, 6) is 0. The van der Waals surface area contributed by atoms with Gasteiger partial charge in [-0.05, 0) is 220 Å². The van der Waals surface area contributed by atoms with Crippen molar-refractivity contribution in [3.63, 3.8) is 0 Å². The Morgan fingerprint density at radius 3 is 0.688 bits per heavy atom. The molecule has 0 atom stereocenters. The third-order valence-corrected chi connectivity index (χ3v) is 18.6. The number of hydrogen-bond acceptors (Lipinski definition) is 6. The molecule has 93 heavy (non-hydrogen) atoms. The van der Waals surface area contributed by atoms with E-state index in [1.165, 1.54) is 0 Å². The van der Waals surface area contributed by atoms with Crippen LogP contribution in [0.25, 0.3) is 135 Å². The Bertz CT molecular complexity index is 4710. The van der Waals surface area contributed by atoms with E-state index in [0.29, 0.717) is 16.4 Å². The van der Waals surface area contributed by atoms with Gasteiger partial charge in [0.2, 0.25) is 0 Å². The highest BCUT2D eigenvalue weighted by molar-refractivity contribution is 6.59. The maximum Gasteiger partial charge on any atom is 0.488 e. The number of hydrogen-bond donors (Lipinski definition) is 6. The molecule has 6 nitrogen and oxygen atoms in total. The molecule has 3 aliphatic rings. The van der Waals surface area contributed by atoms with Crippen molar-refractivity contribution in [2.24, 2.45) is 0 Å². The molecule has 0 bridgehead atoms. The van der Waals surface area contributed by atoms with E-state index < -0.39 is 21.4 Å². The lowest BCUT2D eigenvalue weighted by Gasteiger charge is -2.29. The summed E-state index contributed by atoms with van der Waals surface area (Å²) in [6.45, 7) is 0. The molecule has 13 aromatic rings. The van der Waals surface area contributed by atoms with E-state index in [2.05, 4.69) is 237 Å². The third kappa shape index (κ3) is 10.2. The van der Waals surface area contributed by atoms with E-state index in [0.717, 1.165) is 167 Å². The lowest BCUT2D eigenvalue weighted by atomic mass is 9.73. The zero-order valence-corrected chi connectivity index (χ0v) is 50.4. The van der Waals surface area contributed by atoms with Crippen molar-refractivity contribution >= 4 is 72.7 Å². The van der Waals surface area contributed by atoms with Crippen LogP contribution < -0.4 is 16.4 Å². The largest absolute Gasteiger partial charge is 0.488 e. The first-order chi connectivity index (χ1) is 45.6. The Kier molecular flexibility index (Phi) is 14.6. The minimum Gasteiger partial charge on any atom is -0.423 e. The van der Waals surface area contributed by atoms with E-state index >= 15 is 0 Å². The van der Waals surface area contributed by atoms with E-state index in [-0.39, 0.29) is 0 Å². The van der Waals surface area contributed by atoms with Crippen LogP contribution in [0, 0.1) is 0 Å². The standard InChI is InChI=1S/C84H57B3O6/c88-85(89)61-28-16-19-52(43-61)46-73-67-34-13-10-31-64(67)70-40-37-58(49-76(70)73)82-79(55-22-4-1-5-23-55)83(59-38-41-71-65-32-11-14-35-68(65)74(77(71)50-59)47-53-20-17-29-62(44-53)86(90)91)81(57-26-8-3-9-27-57)84(80(82)56-24-6-2-7-25-56)60-39-42-72-66-33-12-15-36-69(66)75(78(72)51-60)48-54-21-18-30-63(45-54)87(92)93/h1-51,88-93H/b73-46+,74-47+,75-48+. The topological polar surface area (TPSA) is 121 Å². The van der Waals surface area contributed by atoms with E-state index in [9.17, 15) is 30.1 Å². The van der Waals surface area contributed by atoms with Crippen molar-refractivity contribution < 1.29 is 30.1 Å². The Hall–Kier alpha value is -11.0.